The lowest BCUT2D eigenvalue weighted by molar-refractivity contribution is 0.315. The van der Waals surface area contributed by atoms with Crippen molar-refractivity contribution >= 4 is 23.2 Å². The van der Waals surface area contributed by atoms with Crippen LogP contribution in [0.3, 0.4) is 0 Å². The van der Waals surface area contributed by atoms with Crippen molar-refractivity contribution in [3.05, 3.63) is 0 Å². The lowest BCUT2D eigenvalue weighted by Gasteiger charge is -1.92. The van der Waals surface area contributed by atoms with Gasteiger partial charge in [0.2, 0.25) is 0 Å². The molecule has 8 heavy (non-hydrogen) atoms. The molecular weight excluding hydrogens is 152 g/mol. The molecule has 0 aliphatic heterocycles. The fraction of sp³-hybridized carbons (Fsp3) is 1.00. The molecule has 0 aliphatic carbocycles. The Morgan fingerprint density at radius 2 is 2.38 bits per heavy atom. The zero-order valence-electron chi connectivity index (χ0n) is 4.43. The Morgan fingerprint density at radius 3 is 2.75 bits per heavy atom. The second kappa shape index (κ2) is 5.50. The standard InChI is InChI=1S/C3H7ClO3S/c1-2-3-6-8(5)7-4/h2-3H2,1H3. The molecule has 0 aromatic heterocycles. The van der Waals surface area contributed by atoms with Gasteiger partial charge in [-0.05, 0) is 6.42 Å². The zero-order valence-corrected chi connectivity index (χ0v) is 6.00. The van der Waals surface area contributed by atoms with Crippen LogP contribution in [0, 0.1) is 0 Å². The van der Waals surface area contributed by atoms with Gasteiger partial charge in [-0.25, -0.2) is 0 Å². The van der Waals surface area contributed by atoms with E-state index in [9.17, 15) is 4.21 Å². The normalized spacial score (nSPS) is 13.8. The minimum atomic E-state index is -1.76. The summed E-state index contributed by atoms with van der Waals surface area (Å²) in [6, 6.07) is 0. The van der Waals surface area contributed by atoms with Crippen LogP contribution in [0.5, 0.6) is 0 Å². The maximum Gasteiger partial charge on any atom is 0.322 e. The molecule has 0 N–H and O–H groups in total. The van der Waals surface area contributed by atoms with Crippen LogP contribution < -0.4 is 0 Å². The second-order valence-corrected chi connectivity index (χ2v) is 2.24. The fourth-order valence-corrected chi connectivity index (χ4v) is 0.618. The van der Waals surface area contributed by atoms with Crippen molar-refractivity contribution in [3.8, 4) is 0 Å². The van der Waals surface area contributed by atoms with Gasteiger partial charge in [-0.1, -0.05) is 6.92 Å². The summed E-state index contributed by atoms with van der Waals surface area (Å²) < 4.78 is 18.3. The summed E-state index contributed by atoms with van der Waals surface area (Å²) in [5, 5.41) is 0. The van der Waals surface area contributed by atoms with E-state index in [1.165, 1.54) is 0 Å². The van der Waals surface area contributed by atoms with E-state index in [1.54, 1.807) is 0 Å². The molecule has 0 saturated heterocycles. The first-order valence-corrected chi connectivity index (χ1v) is 3.46. The molecule has 1 unspecified atom stereocenters. The van der Waals surface area contributed by atoms with Crippen LogP contribution in [0.2, 0.25) is 0 Å². The van der Waals surface area contributed by atoms with E-state index in [2.05, 4.69) is 19.8 Å². The van der Waals surface area contributed by atoms with E-state index in [4.69, 9.17) is 0 Å². The van der Waals surface area contributed by atoms with Crippen LogP contribution in [-0.4, -0.2) is 10.8 Å². The van der Waals surface area contributed by atoms with E-state index < -0.39 is 11.4 Å². The van der Waals surface area contributed by atoms with E-state index in [-0.39, 0.29) is 0 Å². The SMILES string of the molecule is CCCOS(=O)OCl. The molecule has 0 amide bonds. The topological polar surface area (TPSA) is 35.5 Å². The molecular formula is C3H7ClO3S. The highest BCUT2D eigenvalue weighted by Crippen LogP contribution is 1.92. The molecule has 0 aromatic rings. The maximum atomic E-state index is 10.1. The average Bonchev–Trinajstić information content (AvgIpc) is 1.83. The van der Waals surface area contributed by atoms with Gasteiger partial charge in [0.25, 0.3) is 0 Å². The van der Waals surface area contributed by atoms with Crippen LogP contribution >= 0.6 is 11.9 Å². The number of halogens is 1. The van der Waals surface area contributed by atoms with Gasteiger partial charge in [0.15, 0.2) is 0 Å². The van der Waals surface area contributed by atoms with Crippen LogP contribution in [-0.2, 0) is 19.3 Å². The smallest absolute Gasteiger partial charge is 0.267 e. The largest absolute Gasteiger partial charge is 0.322 e. The van der Waals surface area contributed by atoms with E-state index in [0.29, 0.717) is 6.61 Å². The van der Waals surface area contributed by atoms with Crippen molar-refractivity contribution in [2.75, 3.05) is 6.61 Å². The molecule has 0 spiro atoms. The molecule has 0 rings (SSSR count). The highest BCUT2D eigenvalue weighted by atomic mass is 35.5. The van der Waals surface area contributed by atoms with Gasteiger partial charge in [-0.3, -0.25) is 4.18 Å². The van der Waals surface area contributed by atoms with Gasteiger partial charge >= 0.3 is 11.4 Å². The molecule has 0 aliphatic rings. The van der Waals surface area contributed by atoms with Crippen molar-refractivity contribution in [1.29, 1.82) is 0 Å². The van der Waals surface area contributed by atoms with Crippen LogP contribution in [0.15, 0.2) is 0 Å². The Balaban J connectivity index is 2.99. The predicted molar refractivity (Wildman–Crippen MR) is 31.3 cm³/mol. The molecule has 5 heteroatoms. The molecule has 0 saturated carbocycles. The highest BCUT2D eigenvalue weighted by Gasteiger charge is 1.94. The Morgan fingerprint density at radius 1 is 1.75 bits per heavy atom. The summed E-state index contributed by atoms with van der Waals surface area (Å²) in [6.07, 6.45) is 0.798. The monoisotopic (exact) mass is 158 g/mol. The van der Waals surface area contributed by atoms with Crippen molar-refractivity contribution in [2.45, 2.75) is 13.3 Å². The Labute approximate surface area is 56.0 Å². The Hall–Kier alpha value is 0.360. The van der Waals surface area contributed by atoms with Gasteiger partial charge < -0.3 is 0 Å². The van der Waals surface area contributed by atoms with E-state index in [1.807, 2.05) is 6.92 Å². The number of hydrogen-bond acceptors (Lipinski definition) is 3. The number of rotatable bonds is 4. The van der Waals surface area contributed by atoms with Crippen LogP contribution in [0.25, 0.3) is 0 Å². The highest BCUT2D eigenvalue weighted by molar-refractivity contribution is 7.75. The summed E-state index contributed by atoms with van der Waals surface area (Å²) in [4.78, 5) is 0. The minimum absolute atomic E-state index is 0.402. The quantitative estimate of drug-likeness (QED) is 0.616. The van der Waals surface area contributed by atoms with Gasteiger partial charge in [-0.2, -0.15) is 7.94 Å². The first-order chi connectivity index (χ1) is 3.81. The predicted octanol–water partition coefficient (Wildman–Crippen LogP) is 1.16. The summed E-state index contributed by atoms with van der Waals surface area (Å²) in [7, 11) is 0. The van der Waals surface area contributed by atoms with Crippen molar-refractivity contribution in [1.82, 2.24) is 0 Å². The third-order valence-electron chi connectivity index (χ3n) is 0.435. The van der Waals surface area contributed by atoms with Crippen molar-refractivity contribution < 1.29 is 12.1 Å². The molecule has 3 nitrogen and oxygen atoms in total. The molecule has 1 atom stereocenters. The van der Waals surface area contributed by atoms with Gasteiger partial charge in [0, 0.05) is 0 Å². The second-order valence-electron chi connectivity index (χ2n) is 1.09. The van der Waals surface area contributed by atoms with Crippen molar-refractivity contribution in [3.63, 3.8) is 0 Å². The molecule has 50 valence electrons. The fourth-order valence-electron chi connectivity index (χ4n) is 0.170. The van der Waals surface area contributed by atoms with Crippen LogP contribution in [0.4, 0.5) is 0 Å². The molecule has 0 heterocycles. The lowest BCUT2D eigenvalue weighted by atomic mass is 10.5. The summed E-state index contributed by atoms with van der Waals surface area (Å²) >= 11 is 2.90. The summed E-state index contributed by atoms with van der Waals surface area (Å²) in [5.41, 5.74) is 0. The molecule has 0 radical (unpaired) electrons. The zero-order chi connectivity index (χ0) is 6.41. The average molecular weight is 159 g/mol. The first-order valence-electron chi connectivity index (χ1n) is 2.15. The Kier molecular flexibility index (Phi) is 5.74. The van der Waals surface area contributed by atoms with Crippen molar-refractivity contribution in [2.24, 2.45) is 0 Å². The van der Waals surface area contributed by atoms with Crippen LogP contribution in [0.1, 0.15) is 13.3 Å². The number of hydrogen-bond donors (Lipinski definition) is 0. The lowest BCUT2D eigenvalue weighted by Crippen LogP contribution is -1.96. The first kappa shape index (κ1) is 8.36. The maximum absolute atomic E-state index is 10.1. The summed E-state index contributed by atoms with van der Waals surface area (Å²) in [6.45, 7) is 2.30. The molecule has 0 aromatic carbocycles. The van der Waals surface area contributed by atoms with Gasteiger partial charge in [0.05, 0.1) is 18.5 Å². The third-order valence-corrected chi connectivity index (χ3v) is 1.21. The third kappa shape index (κ3) is 4.52. The van der Waals surface area contributed by atoms with Gasteiger partial charge in [0.1, 0.15) is 0 Å². The summed E-state index contributed by atoms with van der Waals surface area (Å²) in [5.74, 6) is 0. The minimum Gasteiger partial charge on any atom is -0.267 e. The Bertz CT molecular complexity index is 76.9. The van der Waals surface area contributed by atoms with E-state index >= 15 is 0 Å². The molecule has 0 bridgehead atoms. The van der Waals surface area contributed by atoms with Gasteiger partial charge in [-0.15, -0.1) is 0 Å². The van der Waals surface area contributed by atoms with E-state index in [0.717, 1.165) is 6.42 Å². The molecule has 0 fully saturated rings.